The number of hydrogen-bond donors (Lipinski definition) is 4. The molecule has 0 unspecified atom stereocenters. The highest BCUT2D eigenvalue weighted by Crippen LogP contribution is 2.26. The highest BCUT2D eigenvalue weighted by molar-refractivity contribution is 5.98. The molecule has 0 saturated carbocycles. The van der Waals surface area contributed by atoms with Gasteiger partial charge in [0.15, 0.2) is 0 Å². The molecule has 0 aromatic carbocycles. The van der Waals surface area contributed by atoms with Crippen molar-refractivity contribution in [3.8, 4) is 0 Å². The third kappa shape index (κ3) is 14.9. The second-order valence-electron chi connectivity index (χ2n) is 19.2. The second kappa shape index (κ2) is 25.9. The fourth-order valence-electron chi connectivity index (χ4n) is 8.30. The van der Waals surface area contributed by atoms with E-state index in [0.29, 0.717) is 19.3 Å². The Bertz CT molecular complexity index is 1570. The number of carbonyl (C=O) groups is 8. The molecule has 0 aliphatic carbocycles. The highest BCUT2D eigenvalue weighted by atomic mass is 16.4. The van der Waals surface area contributed by atoms with Crippen molar-refractivity contribution >= 4 is 47.3 Å². The van der Waals surface area contributed by atoms with E-state index in [4.69, 9.17) is 5.73 Å². The number of aliphatic carboxylic acids is 1. The lowest BCUT2D eigenvalue weighted by molar-refractivity contribution is -0.158. The zero-order valence-corrected chi connectivity index (χ0v) is 42.3. The molecule has 0 radical (unpaired) electrons. The molecule has 0 aromatic heterocycles. The van der Waals surface area contributed by atoms with Crippen LogP contribution in [0.1, 0.15) is 123 Å². The van der Waals surface area contributed by atoms with Crippen LogP contribution in [-0.2, 0) is 38.4 Å². The number of likely N-dealkylation sites (N-methyl/N-ethyl adjacent to an activating group) is 5. The molecular weight excluding hydrogens is 809 g/mol. The van der Waals surface area contributed by atoms with Gasteiger partial charge in [-0.25, -0.2) is 4.79 Å². The first-order valence-electron chi connectivity index (χ1n) is 22.8. The van der Waals surface area contributed by atoms with Gasteiger partial charge in [0, 0.05) is 35.2 Å². The predicted octanol–water partition coefficient (Wildman–Crippen LogP) is 3.29. The number of carboxylic acid groups (broad SMARTS) is 1. The normalized spacial score (nSPS) is 17.0. The fourth-order valence-corrected chi connectivity index (χ4v) is 8.30. The summed E-state index contributed by atoms with van der Waals surface area (Å²) in [4.78, 5) is 118. The predicted molar refractivity (Wildman–Crippen MR) is 246 cm³/mol. The van der Waals surface area contributed by atoms with Gasteiger partial charge in [0.2, 0.25) is 41.4 Å². The monoisotopic (exact) mass is 895 g/mol. The van der Waals surface area contributed by atoms with Gasteiger partial charge in [-0.15, -0.1) is 0 Å². The van der Waals surface area contributed by atoms with E-state index in [0.717, 1.165) is 0 Å². The summed E-state index contributed by atoms with van der Waals surface area (Å²) in [6, 6.07) is -8.24. The third-order valence-corrected chi connectivity index (χ3v) is 12.8. The summed E-state index contributed by atoms with van der Waals surface area (Å²) in [7, 11) is 7.52. The summed E-state index contributed by atoms with van der Waals surface area (Å²) in [6.45, 7) is 26.7. The molecule has 11 atom stereocenters. The average molecular weight is 895 g/mol. The zero-order chi connectivity index (χ0) is 49.7. The molecule has 17 nitrogen and oxygen atoms in total. The highest BCUT2D eigenvalue weighted by Gasteiger charge is 2.45. The molecule has 0 fully saturated rings. The van der Waals surface area contributed by atoms with E-state index in [-0.39, 0.29) is 11.8 Å². The number of nitrogens with zero attached hydrogens (tertiary/aromatic N) is 5. The van der Waals surface area contributed by atoms with E-state index in [9.17, 15) is 43.5 Å². The van der Waals surface area contributed by atoms with Crippen LogP contribution >= 0.6 is 0 Å². The van der Waals surface area contributed by atoms with E-state index in [1.54, 1.807) is 55.4 Å². The fraction of sp³-hybridized carbons (Fsp3) is 0.826. The van der Waals surface area contributed by atoms with Crippen LogP contribution in [0.3, 0.4) is 0 Å². The Morgan fingerprint density at radius 3 is 0.984 bits per heavy atom. The van der Waals surface area contributed by atoms with E-state index in [2.05, 4.69) is 10.6 Å². The van der Waals surface area contributed by atoms with Gasteiger partial charge >= 0.3 is 5.97 Å². The van der Waals surface area contributed by atoms with E-state index in [1.165, 1.54) is 66.7 Å². The first-order chi connectivity index (χ1) is 28.9. The van der Waals surface area contributed by atoms with Gasteiger partial charge in [-0.1, -0.05) is 116 Å². The van der Waals surface area contributed by atoms with Crippen molar-refractivity contribution in [2.45, 2.75) is 171 Å². The van der Waals surface area contributed by atoms with Crippen LogP contribution in [0.5, 0.6) is 0 Å². The van der Waals surface area contributed by atoms with E-state index < -0.39 is 125 Å². The second-order valence-corrected chi connectivity index (χ2v) is 19.2. The van der Waals surface area contributed by atoms with Gasteiger partial charge in [-0.3, -0.25) is 33.6 Å². The van der Waals surface area contributed by atoms with E-state index in [1.807, 2.05) is 41.5 Å². The van der Waals surface area contributed by atoms with Crippen molar-refractivity contribution in [3.63, 3.8) is 0 Å². The maximum Gasteiger partial charge on any atom is 0.326 e. The lowest BCUT2D eigenvalue weighted by Crippen LogP contribution is -2.64. The lowest BCUT2D eigenvalue weighted by Gasteiger charge is -2.43. The molecule has 7 amide bonds. The maximum absolute atomic E-state index is 14.9. The Balaban J connectivity index is 7.08. The molecule has 0 heterocycles. The topological polar surface area (TPSA) is 223 Å². The van der Waals surface area contributed by atoms with Crippen molar-refractivity contribution < 1.29 is 43.5 Å². The molecule has 0 saturated heterocycles. The third-order valence-electron chi connectivity index (χ3n) is 12.8. The van der Waals surface area contributed by atoms with Crippen LogP contribution in [0.25, 0.3) is 0 Å². The summed E-state index contributed by atoms with van der Waals surface area (Å²) in [5, 5.41) is 15.3. The molecule has 0 bridgehead atoms. The van der Waals surface area contributed by atoms with Crippen LogP contribution in [0.4, 0.5) is 0 Å². The molecule has 0 aromatic rings. The smallest absolute Gasteiger partial charge is 0.326 e. The van der Waals surface area contributed by atoms with Gasteiger partial charge in [-0.05, 0) is 48.3 Å². The Kier molecular flexibility index (Phi) is 24.1. The largest absolute Gasteiger partial charge is 0.480 e. The Morgan fingerprint density at radius 1 is 0.413 bits per heavy atom. The number of carbonyl (C=O) groups excluding carboxylic acids is 7. The minimum atomic E-state index is -1.19. The van der Waals surface area contributed by atoms with Gasteiger partial charge < -0.3 is 46.0 Å². The summed E-state index contributed by atoms with van der Waals surface area (Å²) in [5.74, 6) is -7.57. The van der Waals surface area contributed by atoms with Gasteiger partial charge in [0.05, 0.1) is 6.04 Å². The molecular formula is C46H86N8O9. The van der Waals surface area contributed by atoms with Crippen LogP contribution in [0, 0.1) is 41.4 Å². The van der Waals surface area contributed by atoms with Gasteiger partial charge in [0.1, 0.15) is 42.3 Å². The van der Waals surface area contributed by atoms with Crippen molar-refractivity contribution in [1.82, 2.24) is 35.1 Å². The average Bonchev–Trinajstić information content (AvgIpc) is 3.19. The van der Waals surface area contributed by atoms with Crippen LogP contribution in [-0.4, -0.2) is 160 Å². The van der Waals surface area contributed by atoms with Gasteiger partial charge in [0.25, 0.3) is 0 Å². The standard InChI is InChI=1S/C46H86N8O9/c1-21-28(12)33(49-40(56)34(25(6)7)50(16)41(57)31(15)47)42(58)52(18)36(27(10)11)43(59)53(19)38(30(14)23-3)45(61)54(20)37(29(13)22-2)44(60)51(17)35(26(8)9)39(55)48-32(24(4)5)46(62)63/h24-38H,21-23,47H2,1-20H3,(H,48,55)(H,49,56)(H,62,63)/t28-,29-,30-,31-,32-,33-,34-,35-,36-,37-,38-/m0/s1. The van der Waals surface area contributed by atoms with Crippen molar-refractivity contribution in [2.75, 3.05) is 35.2 Å². The molecule has 0 spiro atoms. The summed E-state index contributed by atoms with van der Waals surface area (Å²) < 4.78 is 0. The van der Waals surface area contributed by atoms with Crippen LogP contribution < -0.4 is 16.4 Å². The number of nitrogens with two attached hydrogens (primary N) is 1. The molecule has 0 rings (SSSR count). The van der Waals surface area contributed by atoms with Crippen molar-refractivity contribution in [2.24, 2.45) is 47.2 Å². The Morgan fingerprint density at radius 2 is 0.698 bits per heavy atom. The molecule has 364 valence electrons. The summed E-state index contributed by atoms with van der Waals surface area (Å²) in [6.07, 6.45) is 1.49. The Hall–Kier alpha value is -4.28. The summed E-state index contributed by atoms with van der Waals surface area (Å²) in [5.41, 5.74) is 5.86. The number of carboxylic acids is 1. The number of rotatable bonds is 25. The number of nitrogens with one attached hydrogen (secondary N) is 2. The minimum Gasteiger partial charge on any atom is -0.480 e. The number of amides is 7. The lowest BCUT2D eigenvalue weighted by atomic mass is 9.90. The molecule has 0 aliphatic heterocycles. The Labute approximate surface area is 378 Å². The first kappa shape index (κ1) is 58.7. The quantitative estimate of drug-likeness (QED) is 0.105. The molecule has 5 N–H and O–H groups in total. The van der Waals surface area contributed by atoms with Crippen molar-refractivity contribution in [3.05, 3.63) is 0 Å². The SMILES string of the molecule is CC[C@H](C)[C@H](NC(=O)[C@H](C(C)C)N(C)C(=O)[C@H](C)N)C(=O)N(C)[C@H](C(=O)N(C)[C@H](C(=O)N(C)[C@H](C(=O)N(C)[C@H](C(=O)N[C@H](C(=O)O)C(C)C)C(C)C)[C@@H](C)CC)[C@@H](C)CC)C(C)C. The van der Waals surface area contributed by atoms with Gasteiger partial charge in [-0.2, -0.15) is 0 Å². The van der Waals surface area contributed by atoms with E-state index >= 15 is 0 Å². The van der Waals surface area contributed by atoms with Crippen LogP contribution in [0.15, 0.2) is 0 Å². The molecule has 63 heavy (non-hydrogen) atoms. The first-order valence-corrected chi connectivity index (χ1v) is 22.8. The minimum absolute atomic E-state index is 0.317. The van der Waals surface area contributed by atoms with Crippen LogP contribution in [0.2, 0.25) is 0 Å². The zero-order valence-electron chi connectivity index (χ0n) is 42.3. The number of hydrogen-bond acceptors (Lipinski definition) is 9. The summed E-state index contributed by atoms with van der Waals surface area (Å²) >= 11 is 0. The molecule has 0 aliphatic rings. The maximum atomic E-state index is 14.9. The van der Waals surface area contributed by atoms with Crippen molar-refractivity contribution in [1.29, 1.82) is 0 Å². The molecule has 17 heteroatoms.